The minimum absolute atomic E-state index is 0. The summed E-state index contributed by atoms with van der Waals surface area (Å²) >= 11 is 0. The Morgan fingerprint density at radius 2 is 2.29 bits per heavy atom. The molecule has 2 aromatic rings. The third-order valence-corrected chi connectivity index (χ3v) is 4.09. The van der Waals surface area contributed by atoms with Gasteiger partial charge in [0.1, 0.15) is 5.69 Å². The molecule has 21 heavy (non-hydrogen) atoms. The highest BCUT2D eigenvalue weighted by Crippen LogP contribution is 2.22. The number of hydrogen-bond acceptors (Lipinski definition) is 4. The lowest BCUT2D eigenvalue weighted by molar-refractivity contribution is -0.129. The van der Waals surface area contributed by atoms with E-state index in [0.29, 0.717) is 12.3 Å². The van der Waals surface area contributed by atoms with Crippen LogP contribution in [0, 0.1) is 5.92 Å². The summed E-state index contributed by atoms with van der Waals surface area (Å²) in [6, 6.07) is 7.75. The lowest BCUT2D eigenvalue weighted by Gasteiger charge is -2.17. The second kappa shape index (κ2) is 6.45. The summed E-state index contributed by atoms with van der Waals surface area (Å²) in [5.41, 5.74) is 7.35. The molecule has 1 aliphatic heterocycles. The van der Waals surface area contributed by atoms with Crippen molar-refractivity contribution in [3.8, 4) is 0 Å². The van der Waals surface area contributed by atoms with Gasteiger partial charge in [0.15, 0.2) is 5.58 Å². The van der Waals surface area contributed by atoms with Crippen LogP contribution in [0.3, 0.4) is 0 Å². The zero-order valence-electron chi connectivity index (χ0n) is 12.0. The van der Waals surface area contributed by atoms with Crippen LogP contribution in [0.4, 0.5) is 0 Å². The summed E-state index contributed by atoms with van der Waals surface area (Å²) in [7, 11) is 0. The molecule has 114 valence electrons. The molecule has 2 N–H and O–H groups in total. The highest BCUT2D eigenvalue weighted by Gasteiger charge is 2.28. The number of fused-ring (bicyclic) bond motifs is 1. The highest BCUT2D eigenvalue weighted by atomic mass is 35.5. The van der Waals surface area contributed by atoms with Crippen molar-refractivity contribution in [2.75, 3.05) is 13.1 Å². The number of benzene rings is 1. The van der Waals surface area contributed by atoms with Crippen molar-refractivity contribution in [3.05, 3.63) is 30.0 Å². The third-order valence-electron chi connectivity index (χ3n) is 4.09. The van der Waals surface area contributed by atoms with Gasteiger partial charge in [-0.1, -0.05) is 17.3 Å². The predicted molar refractivity (Wildman–Crippen MR) is 83.3 cm³/mol. The van der Waals surface area contributed by atoms with Crippen LogP contribution in [-0.2, 0) is 11.2 Å². The Labute approximate surface area is 129 Å². The van der Waals surface area contributed by atoms with Gasteiger partial charge in [-0.05, 0) is 31.4 Å². The molecule has 1 amide bonds. The monoisotopic (exact) mass is 309 g/mol. The van der Waals surface area contributed by atoms with Gasteiger partial charge in [0.25, 0.3) is 0 Å². The molecule has 2 heterocycles. The molecule has 0 saturated carbocycles. The van der Waals surface area contributed by atoms with Gasteiger partial charge in [-0.15, -0.1) is 12.4 Å². The lowest BCUT2D eigenvalue weighted by atomic mass is 10.0. The average molecular weight is 310 g/mol. The zero-order valence-corrected chi connectivity index (χ0v) is 12.8. The molecule has 2 unspecified atom stereocenters. The van der Waals surface area contributed by atoms with E-state index >= 15 is 0 Å². The van der Waals surface area contributed by atoms with Gasteiger partial charge in [0.05, 0.1) is 6.42 Å². The van der Waals surface area contributed by atoms with Gasteiger partial charge in [-0.2, -0.15) is 0 Å². The van der Waals surface area contributed by atoms with Gasteiger partial charge in [-0.25, -0.2) is 0 Å². The summed E-state index contributed by atoms with van der Waals surface area (Å²) in [6.07, 6.45) is 1.28. The lowest BCUT2D eigenvalue weighted by Crippen LogP contribution is -2.33. The second-order valence-corrected chi connectivity index (χ2v) is 5.55. The van der Waals surface area contributed by atoms with Crippen molar-refractivity contribution < 1.29 is 9.32 Å². The van der Waals surface area contributed by atoms with Crippen LogP contribution in [-0.4, -0.2) is 35.1 Å². The fraction of sp³-hybridized carbons (Fsp3) is 0.467. The van der Waals surface area contributed by atoms with Crippen LogP contribution in [0.5, 0.6) is 0 Å². The van der Waals surface area contributed by atoms with Crippen LogP contribution >= 0.6 is 12.4 Å². The van der Waals surface area contributed by atoms with E-state index in [1.807, 2.05) is 36.1 Å². The molecule has 2 atom stereocenters. The van der Waals surface area contributed by atoms with Gasteiger partial charge >= 0.3 is 0 Å². The second-order valence-electron chi connectivity index (χ2n) is 5.55. The first kappa shape index (κ1) is 15.8. The van der Waals surface area contributed by atoms with Crippen molar-refractivity contribution in [3.63, 3.8) is 0 Å². The van der Waals surface area contributed by atoms with E-state index in [4.69, 9.17) is 10.3 Å². The van der Waals surface area contributed by atoms with Gasteiger partial charge < -0.3 is 15.2 Å². The SMILES string of the molecule is CC(N)C1CCN(C(=O)Cc2noc3ccccc23)C1.Cl. The Morgan fingerprint density at radius 1 is 1.52 bits per heavy atom. The number of aromatic nitrogens is 1. The topological polar surface area (TPSA) is 72.4 Å². The maximum atomic E-state index is 12.3. The van der Waals surface area contributed by atoms with Crippen LogP contribution in [0.15, 0.2) is 28.8 Å². The van der Waals surface area contributed by atoms with E-state index in [0.717, 1.165) is 36.2 Å². The van der Waals surface area contributed by atoms with Crippen LogP contribution in [0.1, 0.15) is 19.0 Å². The molecule has 1 fully saturated rings. The Hall–Kier alpha value is -1.59. The predicted octanol–water partition coefficient (Wildman–Crippen LogP) is 1.99. The minimum atomic E-state index is 0. The molecular weight excluding hydrogens is 290 g/mol. The number of halogens is 1. The Balaban J connectivity index is 0.00000161. The first-order chi connectivity index (χ1) is 9.65. The average Bonchev–Trinajstić information content (AvgIpc) is 3.06. The Kier molecular flexibility index (Phi) is 4.85. The van der Waals surface area contributed by atoms with E-state index in [1.54, 1.807) is 0 Å². The van der Waals surface area contributed by atoms with E-state index in [1.165, 1.54) is 0 Å². The summed E-state index contributed by atoms with van der Waals surface area (Å²) in [5.74, 6) is 0.514. The number of amides is 1. The molecule has 1 saturated heterocycles. The number of carbonyl (C=O) groups excluding carboxylic acids is 1. The van der Waals surface area contributed by atoms with Crippen molar-refractivity contribution in [1.82, 2.24) is 10.1 Å². The summed E-state index contributed by atoms with van der Waals surface area (Å²) in [4.78, 5) is 14.2. The number of hydrogen-bond donors (Lipinski definition) is 1. The molecule has 1 aliphatic rings. The maximum Gasteiger partial charge on any atom is 0.228 e. The molecule has 1 aromatic carbocycles. The largest absolute Gasteiger partial charge is 0.356 e. The van der Waals surface area contributed by atoms with E-state index < -0.39 is 0 Å². The van der Waals surface area contributed by atoms with Gasteiger partial charge in [0, 0.05) is 24.5 Å². The maximum absolute atomic E-state index is 12.3. The quantitative estimate of drug-likeness (QED) is 0.941. The molecule has 5 nitrogen and oxygen atoms in total. The summed E-state index contributed by atoms with van der Waals surface area (Å²) in [5, 5.41) is 4.93. The smallest absolute Gasteiger partial charge is 0.228 e. The molecular formula is C15H20ClN3O2. The Morgan fingerprint density at radius 3 is 3.00 bits per heavy atom. The fourth-order valence-corrected chi connectivity index (χ4v) is 2.76. The van der Waals surface area contributed by atoms with Gasteiger partial charge in [0.2, 0.25) is 5.91 Å². The molecule has 3 rings (SSSR count). The molecule has 0 radical (unpaired) electrons. The third kappa shape index (κ3) is 3.19. The first-order valence-corrected chi connectivity index (χ1v) is 7.02. The highest BCUT2D eigenvalue weighted by molar-refractivity contribution is 5.86. The Bertz CT molecular complexity index is 626. The number of nitrogens with two attached hydrogens (primary N) is 1. The standard InChI is InChI=1S/C15H19N3O2.ClH/c1-10(16)11-6-7-18(9-11)15(19)8-13-12-4-2-3-5-14(12)20-17-13;/h2-5,10-11H,6-9,16H2,1H3;1H. The van der Waals surface area contributed by atoms with Crippen LogP contribution in [0.25, 0.3) is 11.0 Å². The van der Waals surface area contributed by atoms with Crippen LogP contribution in [0.2, 0.25) is 0 Å². The van der Waals surface area contributed by atoms with Crippen molar-refractivity contribution in [2.45, 2.75) is 25.8 Å². The number of carbonyl (C=O) groups is 1. The summed E-state index contributed by atoms with van der Waals surface area (Å²) < 4.78 is 5.23. The van der Waals surface area contributed by atoms with E-state index in [2.05, 4.69) is 5.16 Å². The van der Waals surface area contributed by atoms with E-state index in [9.17, 15) is 4.79 Å². The number of para-hydroxylation sites is 1. The first-order valence-electron chi connectivity index (χ1n) is 7.02. The van der Waals surface area contributed by atoms with E-state index in [-0.39, 0.29) is 24.4 Å². The number of likely N-dealkylation sites (tertiary alicyclic amines) is 1. The molecule has 1 aromatic heterocycles. The van der Waals surface area contributed by atoms with Crippen molar-refractivity contribution in [2.24, 2.45) is 11.7 Å². The van der Waals surface area contributed by atoms with Crippen molar-refractivity contribution in [1.29, 1.82) is 0 Å². The van der Waals surface area contributed by atoms with Crippen molar-refractivity contribution >= 4 is 29.3 Å². The molecule has 0 aliphatic carbocycles. The minimum Gasteiger partial charge on any atom is -0.356 e. The van der Waals surface area contributed by atoms with Gasteiger partial charge in [-0.3, -0.25) is 4.79 Å². The number of rotatable bonds is 3. The molecule has 0 spiro atoms. The summed E-state index contributed by atoms with van der Waals surface area (Å²) in [6.45, 7) is 3.55. The number of nitrogens with zero attached hydrogens (tertiary/aromatic N) is 2. The fourth-order valence-electron chi connectivity index (χ4n) is 2.76. The van der Waals surface area contributed by atoms with Crippen LogP contribution < -0.4 is 5.73 Å². The normalized spacial score (nSPS) is 19.5. The zero-order chi connectivity index (χ0) is 14.1. The molecule has 6 heteroatoms. The molecule has 0 bridgehead atoms.